The number of carbonyl (C=O) groups excluding carboxylic acids is 1. The molecule has 0 radical (unpaired) electrons. The molecule has 0 aromatic heterocycles. The van der Waals surface area contributed by atoms with Gasteiger partial charge < -0.3 is 29.6 Å². The molecule has 2 aromatic carbocycles. The normalized spacial score (nSPS) is 10.1. The molecule has 0 atom stereocenters. The summed E-state index contributed by atoms with van der Waals surface area (Å²) in [7, 11) is 3.08. The summed E-state index contributed by atoms with van der Waals surface area (Å²) in [6.07, 6.45) is 0.656. The minimum Gasteiger partial charge on any atom is -0.494 e. The first-order valence-electron chi connectivity index (χ1n) is 9.27. The highest BCUT2D eigenvalue weighted by molar-refractivity contribution is 5.93. The Labute approximate surface area is 165 Å². The molecule has 0 heterocycles. The third kappa shape index (κ3) is 5.70. The number of benzene rings is 2. The van der Waals surface area contributed by atoms with Crippen LogP contribution in [0.4, 0.5) is 10.5 Å². The standard InChI is InChI=1S/C21H28N2O5/c1-5-27-16-11-10-15(14-19(16)28-6-2)12-13-22-21(24)23-20-17(25-3)8-7-9-18(20)26-4/h7-11,14H,5-6,12-13H2,1-4H3,(H2,22,23,24). The van der Waals surface area contributed by atoms with Crippen LogP contribution in [0, 0.1) is 0 Å². The van der Waals surface area contributed by atoms with E-state index < -0.39 is 0 Å². The summed E-state index contributed by atoms with van der Waals surface area (Å²) in [6, 6.07) is 10.8. The van der Waals surface area contributed by atoms with Crippen molar-refractivity contribution in [3.8, 4) is 23.0 Å². The van der Waals surface area contributed by atoms with Crippen LogP contribution in [0.15, 0.2) is 36.4 Å². The van der Waals surface area contributed by atoms with E-state index in [1.807, 2.05) is 32.0 Å². The van der Waals surface area contributed by atoms with Gasteiger partial charge in [0.2, 0.25) is 0 Å². The molecule has 7 nitrogen and oxygen atoms in total. The molecule has 0 aliphatic carbocycles. The number of hydrogen-bond acceptors (Lipinski definition) is 5. The molecule has 7 heteroatoms. The maximum Gasteiger partial charge on any atom is 0.319 e. The lowest BCUT2D eigenvalue weighted by Crippen LogP contribution is -2.30. The molecule has 0 fully saturated rings. The quantitative estimate of drug-likeness (QED) is 0.646. The Kier molecular flexibility index (Phi) is 8.27. The predicted molar refractivity (Wildman–Crippen MR) is 109 cm³/mol. The van der Waals surface area contributed by atoms with Crippen molar-refractivity contribution in [3.63, 3.8) is 0 Å². The number of hydrogen-bond donors (Lipinski definition) is 2. The zero-order valence-corrected chi connectivity index (χ0v) is 16.8. The largest absolute Gasteiger partial charge is 0.494 e. The van der Waals surface area contributed by atoms with Gasteiger partial charge in [0.25, 0.3) is 0 Å². The second-order valence-electron chi connectivity index (χ2n) is 5.82. The Morgan fingerprint density at radius 1 is 0.893 bits per heavy atom. The third-order valence-electron chi connectivity index (χ3n) is 3.97. The number of amides is 2. The molecule has 0 aliphatic heterocycles. The van der Waals surface area contributed by atoms with E-state index in [0.717, 1.165) is 11.3 Å². The molecule has 2 amide bonds. The van der Waals surface area contributed by atoms with Crippen molar-refractivity contribution in [2.24, 2.45) is 0 Å². The highest BCUT2D eigenvalue weighted by Crippen LogP contribution is 2.34. The van der Waals surface area contributed by atoms with E-state index in [1.165, 1.54) is 0 Å². The van der Waals surface area contributed by atoms with Crippen molar-refractivity contribution >= 4 is 11.7 Å². The van der Waals surface area contributed by atoms with Crippen LogP contribution in [0.2, 0.25) is 0 Å². The zero-order chi connectivity index (χ0) is 20.4. The first-order valence-corrected chi connectivity index (χ1v) is 9.27. The van der Waals surface area contributed by atoms with E-state index in [9.17, 15) is 4.79 Å². The number of anilines is 1. The topological polar surface area (TPSA) is 78.1 Å². The number of methoxy groups -OCH3 is 2. The summed E-state index contributed by atoms with van der Waals surface area (Å²) in [6.45, 7) is 5.46. The van der Waals surface area contributed by atoms with Gasteiger partial charge in [0.1, 0.15) is 17.2 Å². The molecule has 0 bridgehead atoms. The first-order chi connectivity index (χ1) is 13.6. The Morgan fingerprint density at radius 2 is 1.54 bits per heavy atom. The average Bonchev–Trinajstić information content (AvgIpc) is 2.70. The zero-order valence-electron chi connectivity index (χ0n) is 16.8. The lowest BCUT2D eigenvalue weighted by molar-refractivity contribution is 0.252. The van der Waals surface area contributed by atoms with E-state index in [0.29, 0.717) is 49.1 Å². The summed E-state index contributed by atoms with van der Waals surface area (Å²) in [5.41, 5.74) is 1.53. The number of ether oxygens (including phenoxy) is 4. The van der Waals surface area contributed by atoms with Crippen LogP contribution in [-0.2, 0) is 6.42 Å². The molecule has 0 saturated carbocycles. The summed E-state index contributed by atoms with van der Waals surface area (Å²) < 4.78 is 21.8. The van der Waals surface area contributed by atoms with E-state index in [4.69, 9.17) is 18.9 Å². The van der Waals surface area contributed by atoms with E-state index in [1.54, 1.807) is 32.4 Å². The minimum absolute atomic E-state index is 0.334. The van der Waals surface area contributed by atoms with Crippen LogP contribution < -0.4 is 29.6 Å². The van der Waals surface area contributed by atoms with Crippen molar-refractivity contribution < 1.29 is 23.7 Å². The number of rotatable bonds is 10. The van der Waals surface area contributed by atoms with E-state index in [-0.39, 0.29) is 6.03 Å². The number of carbonyl (C=O) groups is 1. The number of para-hydroxylation sites is 1. The molecular weight excluding hydrogens is 360 g/mol. The molecule has 2 N–H and O–H groups in total. The highest BCUT2D eigenvalue weighted by atomic mass is 16.5. The molecule has 0 unspecified atom stereocenters. The van der Waals surface area contributed by atoms with Crippen LogP contribution >= 0.6 is 0 Å². The van der Waals surface area contributed by atoms with Gasteiger partial charge in [-0.25, -0.2) is 4.79 Å². The van der Waals surface area contributed by atoms with Gasteiger partial charge in [0, 0.05) is 6.54 Å². The molecule has 28 heavy (non-hydrogen) atoms. The molecule has 0 spiro atoms. The first kappa shape index (κ1) is 21.2. The van der Waals surface area contributed by atoms with Gasteiger partial charge in [-0.05, 0) is 50.1 Å². The smallest absolute Gasteiger partial charge is 0.319 e. The Morgan fingerprint density at radius 3 is 2.14 bits per heavy atom. The van der Waals surface area contributed by atoms with Crippen LogP contribution in [0.25, 0.3) is 0 Å². The van der Waals surface area contributed by atoms with Gasteiger partial charge in [-0.15, -0.1) is 0 Å². The monoisotopic (exact) mass is 388 g/mol. The molecule has 0 aliphatic rings. The maximum absolute atomic E-state index is 12.3. The second kappa shape index (κ2) is 10.9. The van der Waals surface area contributed by atoms with Crippen molar-refractivity contribution in [3.05, 3.63) is 42.0 Å². The third-order valence-corrected chi connectivity index (χ3v) is 3.97. The summed E-state index contributed by atoms with van der Waals surface area (Å²) >= 11 is 0. The van der Waals surface area contributed by atoms with E-state index >= 15 is 0 Å². The van der Waals surface area contributed by atoms with Gasteiger partial charge >= 0.3 is 6.03 Å². The Hall–Kier alpha value is -3.09. The van der Waals surface area contributed by atoms with Crippen LogP contribution in [-0.4, -0.2) is 40.0 Å². The highest BCUT2D eigenvalue weighted by Gasteiger charge is 2.13. The van der Waals surface area contributed by atoms with Crippen LogP contribution in [0.5, 0.6) is 23.0 Å². The lowest BCUT2D eigenvalue weighted by atomic mass is 10.1. The van der Waals surface area contributed by atoms with Crippen LogP contribution in [0.1, 0.15) is 19.4 Å². The summed E-state index contributed by atoms with van der Waals surface area (Å²) in [5.74, 6) is 2.50. The predicted octanol–water partition coefficient (Wildman–Crippen LogP) is 3.87. The van der Waals surface area contributed by atoms with Gasteiger partial charge in [-0.3, -0.25) is 0 Å². The van der Waals surface area contributed by atoms with Gasteiger partial charge in [0.05, 0.1) is 27.4 Å². The minimum atomic E-state index is -0.334. The SMILES string of the molecule is CCOc1ccc(CCNC(=O)Nc2c(OC)cccc2OC)cc1OCC. The second-order valence-corrected chi connectivity index (χ2v) is 5.82. The van der Waals surface area contributed by atoms with Gasteiger partial charge in [-0.1, -0.05) is 12.1 Å². The number of urea groups is 1. The Balaban J connectivity index is 1.95. The molecular formula is C21H28N2O5. The van der Waals surface area contributed by atoms with Crippen molar-refractivity contribution in [2.75, 3.05) is 39.3 Å². The van der Waals surface area contributed by atoms with E-state index in [2.05, 4.69) is 10.6 Å². The summed E-state index contributed by atoms with van der Waals surface area (Å²) in [4.78, 5) is 12.3. The fraction of sp³-hybridized carbons (Fsp3) is 0.381. The fourth-order valence-corrected chi connectivity index (χ4v) is 2.70. The van der Waals surface area contributed by atoms with Crippen molar-refractivity contribution in [1.29, 1.82) is 0 Å². The molecule has 0 saturated heterocycles. The molecule has 152 valence electrons. The van der Waals surface area contributed by atoms with Crippen LogP contribution in [0.3, 0.4) is 0 Å². The average molecular weight is 388 g/mol. The Bertz CT molecular complexity index is 757. The lowest BCUT2D eigenvalue weighted by Gasteiger charge is -2.15. The van der Waals surface area contributed by atoms with Crippen molar-refractivity contribution in [2.45, 2.75) is 20.3 Å². The van der Waals surface area contributed by atoms with Gasteiger partial charge in [0.15, 0.2) is 11.5 Å². The summed E-state index contributed by atoms with van der Waals surface area (Å²) in [5, 5.41) is 5.62. The maximum atomic E-state index is 12.3. The van der Waals surface area contributed by atoms with Gasteiger partial charge in [-0.2, -0.15) is 0 Å². The fourth-order valence-electron chi connectivity index (χ4n) is 2.70. The molecule has 2 aromatic rings. The molecule has 2 rings (SSSR count). The number of nitrogens with one attached hydrogen (secondary N) is 2. The van der Waals surface area contributed by atoms with Crippen molar-refractivity contribution in [1.82, 2.24) is 5.32 Å².